The van der Waals surface area contributed by atoms with Gasteiger partial charge >= 0.3 is 0 Å². The normalized spacial score (nSPS) is 15.5. The van der Waals surface area contributed by atoms with E-state index >= 15 is 0 Å². The molecular weight excluding hydrogens is 374 g/mol. The molecule has 29 heavy (non-hydrogen) atoms. The smallest absolute Gasteiger partial charge is 0.251 e. The number of piperidine rings is 1. The first kappa shape index (κ1) is 22.7. The van der Waals surface area contributed by atoms with Gasteiger partial charge in [0.2, 0.25) is 11.8 Å². The molecule has 0 unspecified atom stereocenters. The van der Waals surface area contributed by atoms with Gasteiger partial charge in [0.1, 0.15) is 18.4 Å². The molecule has 1 aliphatic rings. The van der Waals surface area contributed by atoms with Gasteiger partial charge in [0, 0.05) is 32.3 Å². The largest absolute Gasteiger partial charge is 0.497 e. The third-order valence-electron chi connectivity index (χ3n) is 5.10. The number of carbonyl (C=O) groups is 3. The van der Waals surface area contributed by atoms with Crippen LogP contribution in [0.3, 0.4) is 0 Å². The molecule has 0 spiro atoms. The van der Waals surface area contributed by atoms with Crippen molar-refractivity contribution in [2.45, 2.75) is 32.2 Å². The maximum Gasteiger partial charge on any atom is 0.251 e. The highest BCUT2D eigenvalue weighted by Gasteiger charge is 2.33. The Morgan fingerprint density at radius 2 is 1.79 bits per heavy atom. The van der Waals surface area contributed by atoms with E-state index in [9.17, 15) is 14.4 Å². The van der Waals surface area contributed by atoms with Gasteiger partial charge in [-0.05, 0) is 49.4 Å². The lowest BCUT2D eigenvalue weighted by Gasteiger charge is -2.35. The van der Waals surface area contributed by atoms with Crippen LogP contribution in [0.25, 0.3) is 0 Å². The van der Waals surface area contributed by atoms with Crippen molar-refractivity contribution in [3.05, 3.63) is 29.8 Å². The Hall–Kier alpha value is -2.61. The van der Waals surface area contributed by atoms with E-state index in [0.717, 1.165) is 6.42 Å². The van der Waals surface area contributed by atoms with Crippen LogP contribution in [0, 0.1) is 5.92 Å². The van der Waals surface area contributed by atoms with Gasteiger partial charge in [-0.3, -0.25) is 14.4 Å². The van der Waals surface area contributed by atoms with Crippen molar-refractivity contribution in [3.8, 4) is 5.75 Å². The molecule has 1 atom stereocenters. The van der Waals surface area contributed by atoms with Crippen LogP contribution in [0.2, 0.25) is 0 Å². The topological polar surface area (TPSA) is 97.0 Å². The van der Waals surface area contributed by atoms with Gasteiger partial charge in [-0.25, -0.2) is 0 Å². The number of methoxy groups -OCH3 is 2. The SMILES string of the molecule is CCCNC(=O)[C@H](NC(=O)c1ccc(OC)cc1)C1CCN(C(=O)COC)CC1. The minimum atomic E-state index is -0.643. The molecule has 0 saturated carbocycles. The van der Waals surface area contributed by atoms with Crippen LogP contribution in [-0.4, -0.2) is 69.1 Å². The molecule has 1 aromatic carbocycles. The highest BCUT2D eigenvalue weighted by Crippen LogP contribution is 2.22. The molecule has 0 bridgehead atoms. The van der Waals surface area contributed by atoms with Gasteiger partial charge in [0.15, 0.2) is 0 Å². The number of ether oxygens (including phenoxy) is 2. The monoisotopic (exact) mass is 405 g/mol. The number of hydrogen-bond acceptors (Lipinski definition) is 5. The first-order valence-corrected chi connectivity index (χ1v) is 9.99. The molecule has 1 aromatic rings. The minimum absolute atomic E-state index is 0.0411. The van der Waals surface area contributed by atoms with Crippen molar-refractivity contribution in [1.82, 2.24) is 15.5 Å². The Kier molecular flexibility index (Phi) is 8.92. The molecule has 1 heterocycles. The van der Waals surface area contributed by atoms with Gasteiger partial charge in [-0.15, -0.1) is 0 Å². The van der Waals surface area contributed by atoms with Crippen molar-refractivity contribution < 1.29 is 23.9 Å². The number of nitrogens with one attached hydrogen (secondary N) is 2. The molecular formula is C21H31N3O5. The van der Waals surface area contributed by atoms with E-state index in [1.807, 2.05) is 6.92 Å². The summed E-state index contributed by atoms with van der Waals surface area (Å²) >= 11 is 0. The van der Waals surface area contributed by atoms with E-state index in [1.54, 1.807) is 36.3 Å². The van der Waals surface area contributed by atoms with Crippen LogP contribution in [0.1, 0.15) is 36.5 Å². The molecule has 160 valence electrons. The third-order valence-corrected chi connectivity index (χ3v) is 5.10. The Morgan fingerprint density at radius 3 is 2.34 bits per heavy atom. The molecule has 8 nitrogen and oxygen atoms in total. The number of rotatable bonds is 9. The standard InChI is InChI=1S/C21H31N3O5/c1-4-11-22-21(27)19(15-9-12-24(13-10-15)18(25)14-28-2)23-20(26)16-5-7-17(29-3)8-6-16/h5-8,15,19H,4,9-14H2,1-3H3,(H,22,27)(H,23,26)/t19-/m1/s1. The minimum Gasteiger partial charge on any atom is -0.497 e. The van der Waals surface area contributed by atoms with Gasteiger partial charge in [-0.1, -0.05) is 6.92 Å². The summed E-state index contributed by atoms with van der Waals surface area (Å²) in [5, 5.41) is 5.78. The summed E-state index contributed by atoms with van der Waals surface area (Å²) in [6, 6.07) is 6.11. The predicted octanol–water partition coefficient (Wildman–Crippen LogP) is 1.20. The number of nitrogens with zero attached hydrogens (tertiary/aromatic N) is 1. The molecule has 1 fully saturated rings. The molecule has 3 amide bonds. The van der Waals surface area contributed by atoms with E-state index in [0.29, 0.717) is 43.8 Å². The average molecular weight is 405 g/mol. The maximum absolute atomic E-state index is 12.7. The van der Waals surface area contributed by atoms with Crippen LogP contribution in [0.5, 0.6) is 5.75 Å². The molecule has 2 rings (SSSR count). The van der Waals surface area contributed by atoms with Crippen LogP contribution in [-0.2, 0) is 14.3 Å². The van der Waals surface area contributed by atoms with E-state index in [2.05, 4.69) is 10.6 Å². The number of hydrogen-bond donors (Lipinski definition) is 2. The van der Waals surface area contributed by atoms with Crippen molar-refractivity contribution in [2.24, 2.45) is 5.92 Å². The fourth-order valence-electron chi connectivity index (χ4n) is 3.42. The van der Waals surface area contributed by atoms with E-state index < -0.39 is 6.04 Å². The highest BCUT2D eigenvalue weighted by atomic mass is 16.5. The van der Waals surface area contributed by atoms with Crippen LogP contribution < -0.4 is 15.4 Å². The summed E-state index contributed by atoms with van der Waals surface area (Å²) < 4.78 is 10.0. The highest BCUT2D eigenvalue weighted by molar-refractivity contribution is 5.97. The Balaban J connectivity index is 2.05. The predicted molar refractivity (Wildman–Crippen MR) is 109 cm³/mol. The summed E-state index contributed by atoms with van der Waals surface area (Å²) in [5.74, 6) is 0.0744. The van der Waals surface area contributed by atoms with Crippen LogP contribution >= 0.6 is 0 Å². The molecule has 1 aliphatic heterocycles. The molecule has 1 saturated heterocycles. The summed E-state index contributed by atoms with van der Waals surface area (Å²) in [4.78, 5) is 39.2. The molecule has 8 heteroatoms. The van der Waals surface area contributed by atoms with E-state index in [1.165, 1.54) is 7.11 Å². The molecule has 0 aromatic heterocycles. The molecule has 2 N–H and O–H groups in total. The van der Waals surface area contributed by atoms with Crippen molar-refractivity contribution in [1.29, 1.82) is 0 Å². The zero-order chi connectivity index (χ0) is 21.2. The zero-order valence-corrected chi connectivity index (χ0v) is 17.4. The second kappa shape index (κ2) is 11.4. The summed E-state index contributed by atoms with van der Waals surface area (Å²) in [6.45, 7) is 3.68. The Bertz CT molecular complexity index is 684. The maximum atomic E-state index is 12.7. The van der Waals surface area contributed by atoms with Gasteiger partial charge < -0.3 is 25.0 Å². The molecule has 0 radical (unpaired) electrons. The first-order valence-electron chi connectivity index (χ1n) is 9.99. The quantitative estimate of drug-likeness (QED) is 0.644. The zero-order valence-electron chi connectivity index (χ0n) is 17.4. The fraction of sp³-hybridized carbons (Fsp3) is 0.571. The average Bonchev–Trinajstić information content (AvgIpc) is 2.76. The van der Waals surface area contributed by atoms with E-state index in [-0.39, 0.29) is 30.2 Å². The summed E-state index contributed by atoms with van der Waals surface area (Å²) in [6.07, 6.45) is 2.10. The third kappa shape index (κ3) is 6.45. The summed E-state index contributed by atoms with van der Waals surface area (Å²) in [7, 11) is 3.06. The lowest BCUT2D eigenvalue weighted by atomic mass is 9.88. The van der Waals surface area contributed by atoms with Crippen LogP contribution in [0.4, 0.5) is 0 Å². The number of benzene rings is 1. The second-order valence-electron chi connectivity index (χ2n) is 7.12. The second-order valence-corrected chi connectivity index (χ2v) is 7.12. The van der Waals surface area contributed by atoms with Gasteiger partial charge in [0.05, 0.1) is 7.11 Å². The lowest BCUT2D eigenvalue weighted by Crippen LogP contribution is -2.54. The lowest BCUT2D eigenvalue weighted by molar-refractivity contribution is -0.136. The van der Waals surface area contributed by atoms with Gasteiger partial charge in [-0.2, -0.15) is 0 Å². The van der Waals surface area contributed by atoms with E-state index in [4.69, 9.17) is 9.47 Å². The molecule has 0 aliphatic carbocycles. The Labute approximate surface area is 171 Å². The Morgan fingerprint density at radius 1 is 1.14 bits per heavy atom. The van der Waals surface area contributed by atoms with Gasteiger partial charge in [0.25, 0.3) is 5.91 Å². The van der Waals surface area contributed by atoms with Crippen molar-refractivity contribution in [2.75, 3.05) is 40.5 Å². The number of carbonyl (C=O) groups excluding carboxylic acids is 3. The fourth-order valence-corrected chi connectivity index (χ4v) is 3.42. The number of likely N-dealkylation sites (tertiary alicyclic amines) is 1. The van der Waals surface area contributed by atoms with Crippen LogP contribution in [0.15, 0.2) is 24.3 Å². The number of amides is 3. The summed E-state index contributed by atoms with van der Waals surface area (Å²) in [5.41, 5.74) is 0.465. The van der Waals surface area contributed by atoms with Crippen molar-refractivity contribution in [3.63, 3.8) is 0 Å². The van der Waals surface area contributed by atoms with Crippen molar-refractivity contribution >= 4 is 17.7 Å². The first-order chi connectivity index (χ1) is 14.0.